The molecule has 0 spiro atoms. The van der Waals surface area contributed by atoms with Crippen LogP contribution in [0.2, 0.25) is 0 Å². The Hall–Kier alpha value is -3.14. The number of pyridine rings is 1. The number of benzene rings is 1. The second-order valence-corrected chi connectivity index (χ2v) is 7.05. The summed E-state index contributed by atoms with van der Waals surface area (Å²) in [6.45, 7) is 2.16. The zero-order valence-corrected chi connectivity index (χ0v) is 16.1. The summed E-state index contributed by atoms with van der Waals surface area (Å²) in [4.78, 5) is 15.9. The lowest BCUT2D eigenvalue weighted by molar-refractivity contribution is -0.141. The summed E-state index contributed by atoms with van der Waals surface area (Å²) in [7, 11) is 1.44. The van der Waals surface area contributed by atoms with E-state index in [0.717, 1.165) is 30.5 Å². The monoisotopic (exact) mass is 420 g/mol. The summed E-state index contributed by atoms with van der Waals surface area (Å²) < 4.78 is 51.1. The van der Waals surface area contributed by atoms with Crippen LogP contribution in [0.5, 0.6) is 5.75 Å². The molecule has 30 heavy (non-hydrogen) atoms. The maximum Gasteiger partial charge on any atom is 0.433 e. The minimum absolute atomic E-state index is 0.318. The van der Waals surface area contributed by atoms with Gasteiger partial charge < -0.3 is 14.8 Å². The van der Waals surface area contributed by atoms with Gasteiger partial charge in [-0.15, -0.1) is 0 Å². The molecule has 158 valence electrons. The SMILES string of the molecule is COc1cc2nn(CC3CCOC3)cc2cc1NC(=O)c1cccc(C(F)(F)F)n1. The molecule has 7 nitrogen and oxygen atoms in total. The third kappa shape index (κ3) is 4.23. The molecule has 10 heteroatoms. The molecule has 0 saturated carbocycles. The van der Waals surface area contributed by atoms with Gasteiger partial charge in [-0.3, -0.25) is 9.48 Å². The number of aromatic nitrogens is 3. The Morgan fingerprint density at radius 3 is 2.90 bits per heavy atom. The molecule has 4 rings (SSSR count). The number of fused-ring (bicyclic) bond motifs is 1. The van der Waals surface area contributed by atoms with Crippen LogP contribution in [0.4, 0.5) is 18.9 Å². The van der Waals surface area contributed by atoms with E-state index < -0.39 is 17.8 Å². The van der Waals surface area contributed by atoms with Crippen molar-refractivity contribution in [2.45, 2.75) is 19.1 Å². The molecule has 1 N–H and O–H groups in total. The van der Waals surface area contributed by atoms with Gasteiger partial charge in [0.2, 0.25) is 0 Å². The number of amides is 1. The number of rotatable bonds is 5. The van der Waals surface area contributed by atoms with Crippen LogP contribution in [-0.4, -0.2) is 41.0 Å². The first-order valence-electron chi connectivity index (χ1n) is 9.32. The standard InChI is InChI=1S/C20H19F3N4O3/c1-29-17-8-15-13(10-27(26-15)9-12-5-6-30-11-12)7-16(17)25-19(28)14-3-2-4-18(24-14)20(21,22)23/h2-4,7-8,10,12H,5-6,9,11H2,1H3,(H,25,28). The molecule has 1 unspecified atom stereocenters. The molecular formula is C20H19F3N4O3. The number of halogens is 3. The van der Waals surface area contributed by atoms with Crippen molar-refractivity contribution in [1.82, 2.24) is 14.8 Å². The number of anilines is 1. The van der Waals surface area contributed by atoms with Gasteiger partial charge in [0.25, 0.3) is 5.91 Å². The minimum Gasteiger partial charge on any atom is -0.494 e. The summed E-state index contributed by atoms with van der Waals surface area (Å²) in [6, 6.07) is 6.52. The van der Waals surface area contributed by atoms with Gasteiger partial charge in [0.15, 0.2) is 0 Å². The van der Waals surface area contributed by atoms with Crippen LogP contribution >= 0.6 is 0 Å². The van der Waals surface area contributed by atoms with Crippen molar-refractivity contribution in [1.29, 1.82) is 0 Å². The summed E-state index contributed by atoms with van der Waals surface area (Å²) in [6.07, 6.45) is -1.80. The van der Waals surface area contributed by atoms with E-state index in [9.17, 15) is 18.0 Å². The molecule has 1 aromatic carbocycles. The fourth-order valence-corrected chi connectivity index (χ4v) is 3.36. The molecule has 1 atom stereocenters. The zero-order chi connectivity index (χ0) is 21.3. The number of hydrogen-bond acceptors (Lipinski definition) is 5. The highest BCUT2D eigenvalue weighted by Gasteiger charge is 2.33. The number of carbonyl (C=O) groups excluding carboxylic acids is 1. The molecule has 1 aliphatic heterocycles. The second kappa shape index (κ2) is 7.94. The van der Waals surface area contributed by atoms with Crippen molar-refractivity contribution in [2.24, 2.45) is 5.92 Å². The quantitative estimate of drug-likeness (QED) is 0.680. The van der Waals surface area contributed by atoms with Crippen molar-refractivity contribution >= 4 is 22.5 Å². The number of hydrogen-bond donors (Lipinski definition) is 1. The predicted molar refractivity (Wildman–Crippen MR) is 102 cm³/mol. The molecule has 0 bridgehead atoms. The molecule has 1 aliphatic rings. The van der Waals surface area contributed by atoms with E-state index in [4.69, 9.17) is 9.47 Å². The highest BCUT2D eigenvalue weighted by Crippen LogP contribution is 2.31. The van der Waals surface area contributed by atoms with Crippen molar-refractivity contribution < 1.29 is 27.4 Å². The molecule has 2 aromatic heterocycles. The van der Waals surface area contributed by atoms with Crippen LogP contribution in [0.3, 0.4) is 0 Å². The van der Waals surface area contributed by atoms with Crippen LogP contribution in [0.15, 0.2) is 36.5 Å². The first kappa shape index (κ1) is 20.1. The van der Waals surface area contributed by atoms with Gasteiger partial charge in [-0.05, 0) is 24.6 Å². The smallest absolute Gasteiger partial charge is 0.433 e. The Balaban J connectivity index is 1.59. The van der Waals surface area contributed by atoms with Crippen LogP contribution in [0.1, 0.15) is 22.6 Å². The third-order valence-corrected chi connectivity index (χ3v) is 4.86. The summed E-state index contributed by atoms with van der Waals surface area (Å²) in [5.41, 5.74) is -0.474. The number of alkyl halides is 3. The normalized spacial score (nSPS) is 16.7. The Morgan fingerprint density at radius 1 is 1.37 bits per heavy atom. The number of nitrogens with zero attached hydrogens (tertiary/aromatic N) is 3. The summed E-state index contributed by atoms with van der Waals surface area (Å²) >= 11 is 0. The molecule has 1 amide bonds. The Morgan fingerprint density at radius 2 is 2.20 bits per heavy atom. The highest BCUT2D eigenvalue weighted by atomic mass is 19.4. The fraction of sp³-hybridized carbons (Fsp3) is 0.350. The first-order chi connectivity index (χ1) is 14.3. The van der Waals surface area contributed by atoms with E-state index in [-0.39, 0.29) is 5.69 Å². The maximum atomic E-state index is 12.9. The topological polar surface area (TPSA) is 78.3 Å². The first-order valence-corrected chi connectivity index (χ1v) is 9.32. The average molecular weight is 420 g/mol. The third-order valence-electron chi connectivity index (χ3n) is 4.86. The van der Waals surface area contributed by atoms with E-state index in [1.807, 2.05) is 10.9 Å². The molecule has 0 aliphatic carbocycles. The minimum atomic E-state index is -4.63. The van der Waals surface area contributed by atoms with Crippen molar-refractivity contribution in [3.63, 3.8) is 0 Å². The van der Waals surface area contributed by atoms with E-state index in [2.05, 4.69) is 15.4 Å². The number of ether oxygens (including phenoxy) is 2. The lowest BCUT2D eigenvalue weighted by atomic mass is 10.1. The van der Waals surface area contributed by atoms with Crippen molar-refractivity contribution in [2.75, 3.05) is 25.6 Å². The van der Waals surface area contributed by atoms with Crippen molar-refractivity contribution in [3.8, 4) is 5.75 Å². The van der Waals surface area contributed by atoms with Crippen molar-refractivity contribution in [3.05, 3.63) is 47.9 Å². The fourth-order valence-electron chi connectivity index (χ4n) is 3.36. The van der Waals surface area contributed by atoms with Crippen LogP contribution < -0.4 is 10.1 Å². The second-order valence-electron chi connectivity index (χ2n) is 7.05. The van der Waals surface area contributed by atoms with E-state index in [1.54, 1.807) is 12.1 Å². The van der Waals surface area contributed by atoms with Gasteiger partial charge in [-0.25, -0.2) is 4.98 Å². The highest BCUT2D eigenvalue weighted by molar-refractivity contribution is 6.05. The number of carbonyl (C=O) groups is 1. The Bertz CT molecular complexity index is 1070. The average Bonchev–Trinajstić information content (AvgIpc) is 3.36. The Kier molecular flexibility index (Phi) is 5.33. The summed E-state index contributed by atoms with van der Waals surface area (Å²) in [5.74, 6) is -0.0288. The van der Waals surface area contributed by atoms with Gasteiger partial charge in [0.05, 0.1) is 24.9 Å². The largest absolute Gasteiger partial charge is 0.494 e. The van der Waals surface area contributed by atoms with Gasteiger partial charge >= 0.3 is 6.18 Å². The molecule has 1 fully saturated rings. The predicted octanol–water partition coefficient (Wildman–Crippen LogP) is 3.75. The maximum absolute atomic E-state index is 12.9. The molecular weight excluding hydrogens is 401 g/mol. The lowest BCUT2D eigenvalue weighted by Crippen LogP contribution is -2.17. The van der Waals surface area contributed by atoms with Crippen LogP contribution in [0.25, 0.3) is 10.9 Å². The number of nitrogens with one attached hydrogen (secondary N) is 1. The molecule has 3 aromatic rings. The number of methoxy groups -OCH3 is 1. The van der Waals surface area contributed by atoms with Gasteiger partial charge in [0.1, 0.15) is 17.1 Å². The van der Waals surface area contributed by atoms with E-state index in [1.165, 1.54) is 13.2 Å². The zero-order valence-electron chi connectivity index (χ0n) is 16.1. The molecule has 0 radical (unpaired) electrons. The van der Waals surface area contributed by atoms with Crippen LogP contribution in [-0.2, 0) is 17.5 Å². The van der Waals surface area contributed by atoms with Gasteiger partial charge in [-0.1, -0.05) is 6.07 Å². The van der Waals surface area contributed by atoms with Gasteiger partial charge in [-0.2, -0.15) is 18.3 Å². The molecule has 1 saturated heterocycles. The lowest BCUT2D eigenvalue weighted by Gasteiger charge is -2.11. The van der Waals surface area contributed by atoms with E-state index >= 15 is 0 Å². The van der Waals surface area contributed by atoms with Gasteiger partial charge in [0, 0.05) is 36.7 Å². The summed E-state index contributed by atoms with van der Waals surface area (Å²) in [5, 5.41) is 7.88. The molecule has 3 heterocycles. The Labute approximate surface area is 169 Å². The van der Waals surface area contributed by atoms with E-state index in [0.29, 0.717) is 36.0 Å². The van der Waals surface area contributed by atoms with Crippen LogP contribution in [0, 0.1) is 5.92 Å².